The summed E-state index contributed by atoms with van der Waals surface area (Å²) in [7, 11) is 0. The van der Waals surface area contributed by atoms with Crippen LogP contribution in [0.1, 0.15) is 27.4 Å². The van der Waals surface area contributed by atoms with Crippen LogP contribution in [0.4, 0.5) is 8.78 Å². The van der Waals surface area contributed by atoms with Gasteiger partial charge < -0.3 is 0 Å². The lowest BCUT2D eigenvalue weighted by Gasteiger charge is -2.00. The Bertz CT molecular complexity index is 632. The number of ketones is 1. The Hall–Kier alpha value is -2.03. The Kier molecular flexibility index (Phi) is 2.93. The van der Waals surface area contributed by atoms with E-state index in [0.717, 1.165) is 5.56 Å². The van der Waals surface area contributed by atoms with Crippen molar-refractivity contribution in [2.45, 2.75) is 18.8 Å². The smallest absolute Gasteiger partial charge is 0.266 e. The van der Waals surface area contributed by atoms with Crippen molar-refractivity contribution in [3.8, 4) is 0 Å². The van der Waals surface area contributed by atoms with E-state index in [1.807, 2.05) is 6.92 Å². The number of Topliss-reactive ketones (excluding diaryl/α,β-unsaturated/α-hetero) is 1. The normalized spacial score (nSPS) is 23.4. The highest BCUT2D eigenvalue weighted by atomic mass is 19.3. The van der Waals surface area contributed by atoms with Gasteiger partial charge in [-0.3, -0.25) is 4.79 Å². The second-order valence-electron chi connectivity index (χ2n) is 5.27. The molecule has 2 atom stereocenters. The van der Waals surface area contributed by atoms with E-state index in [1.54, 1.807) is 54.6 Å². The molecule has 102 valence electrons. The van der Waals surface area contributed by atoms with E-state index in [0.29, 0.717) is 11.1 Å². The summed E-state index contributed by atoms with van der Waals surface area (Å²) >= 11 is 0. The summed E-state index contributed by atoms with van der Waals surface area (Å²) in [4.78, 5) is 12.2. The predicted octanol–water partition coefficient (Wildman–Crippen LogP) is 4.23. The topological polar surface area (TPSA) is 17.1 Å². The summed E-state index contributed by atoms with van der Waals surface area (Å²) in [5.74, 6) is -5.63. The van der Waals surface area contributed by atoms with Crippen molar-refractivity contribution in [3.63, 3.8) is 0 Å². The van der Waals surface area contributed by atoms with Gasteiger partial charge in [0.15, 0.2) is 5.78 Å². The van der Waals surface area contributed by atoms with E-state index in [2.05, 4.69) is 0 Å². The monoisotopic (exact) mass is 272 g/mol. The van der Waals surface area contributed by atoms with Crippen molar-refractivity contribution in [1.29, 1.82) is 0 Å². The molecule has 0 aliphatic heterocycles. The van der Waals surface area contributed by atoms with Gasteiger partial charge in [0, 0.05) is 5.56 Å². The maximum absolute atomic E-state index is 14.0. The van der Waals surface area contributed by atoms with Gasteiger partial charge in [0.1, 0.15) is 0 Å². The molecule has 2 aromatic rings. The van der Waals surface area contributed by atoms with Crippen LogP contribution in [0.25, 0.3) is 0 Å². The van der Waals surface area contributed by atoms with Crippen LogP contribution in [-0.2, 0) is 0 Å². The first-order valence-corrected chi connectivity index (χ1v) is 6.55. The molecule has 1 aliphatic carbocycles. The summed E-state index contributed by atoms with van der Waals surface area (Å²) in [5, 5.41) is 0. The molecule has 0 spiro atoms. The van der Waals surface area contributed by atoms with E-state index in [4.69, 9.17) is 0 Å². The summed E-state index contributed by atoms with van der Waals surface area (Å²) in [6.07, 6.45) is 0. The molecule has 1 fully saturated rings. The van der Waals surface area contributed by atoms with E-state index < -0.39 is 23.5 Å². The molecule has 2 aromatic carbocycles. The molecule has 0 radical (unpaired) electrons. The minimum Gasteiger partial charge on any atom is -0.294 e. The lowest BCUT2D eigenvalue weighted by Crippen LogP contribution is -2.07. The van der Waals surface area contributed by atoms with Crippen molar-refractivity contribution in [2.24, 2.45) is 5.92 Å². The molecule has 1 nitrogen and oxygen atoms in total. The molecule has 0 N–H and O–H groups in total. The van der Waals surface area contributed by atoms with Crippen LogP contribution in [-0.4, -0.2) is 11.7 Å². The van der Waals surface area contributed by atoms with Gasteiger partial charge in [-0.1, -0.05) is 60.2 Å². The fraction of sp³-hybridized carbons (Fsp3) is 0.235. The van der Waals surface area contributed by atoms with Crippen molar-refractivity contribution in [2.75, 3.05) is 0 Å². The van der Waals surface area contributed by atoms with Gasteiger partial charge in [0.25, 0.3) is 5.92 Å². The largest absolute Gasteiger partial charge is 0.294 e. The number of carbonyl (C=O) groups is 1. The lowest BCUT2D eigenvalue weighted by atomic mass is 10.0. The zero-order chi connectivity index (χ0) is 14.3. The Morgan fingerprint density at radius 2 is 1.60 bits per heavy atom. The Morgan fingerprint density at radius 1 is 1.00 bits per heavy atom. The number of hydrogen-bond donors (Lipinski definition) is 0. The minimum absolute atomic E-state index is 0.354. The number of alkyl halides is 2. The zero-order valence-electron chi connectivity index (χ0n) is 11.0. The highest BCUT2D eigenvalue weighted by molar-refractivity contribution is 6.01. The number of aryl methyl sites for hydroxylation is 1. The summed E-state index contributed by atoms with van der Waals surface area (Å²) in [6, 6.07) is 15.3. The fourth-order valence-electron chi connectivity index (χ4n) is 2.62. The van der Waals surface area contributed by atoms with Gasteiger partial charge in [0.05, 0.1) is 11.8 Å². The maximum atomic E-state index is 14.0. The highest BCUT2D eigenvalue weighted by Crippen LogP contribution is 2.62. The summed E-state index contributed by atoms with van der Waals surface area (Å²) in [6.45, 7) is 1.90. The number of rotatable bonds is 3. The molecule has 3 heteroatoms. The average molecular weight is 272 g/mol. The predicted molar refractivity (Wildman–Crippen MR) is 73.1 cm³/mol. The molecule has 2 unspecified atom stereocenters. The van der Waals surface area contributed by atoms with Crippen molar-refractivity contribution >= 4 is 5.78 Å². The van der Waals surface area contributed by atoms with Crippen molar-refractivity contribution < 1.29 is 13.6 Å². The van der Waals surface area contributed by atoms with Crippen LogP contribution in [0.3, 0.4) is 0 Å². The molecular formula is C17H14F2O. The fourth-order valence-corrected chi connectivity index (χ4v) is 2.62. The van der Waals surface area contributed by atoms with Gasteiger partial charge in [-0.05, 0) is 12.5 Å². The molecule has 0 aromatic heterocycles. The molecule has 0 heterocycles. The Balaban J connectivity index is 1.88. The molecule has 1 saturated carbocycles. The van der Waals surface area contributed by atoms with E-state index in [9.17, 15) is 13.6 Å². The van der Waals surface area contributed by atoms with Crippen LogP contribution in [0.15, 0.2) is 54.6 Å². The van der Waals surface area contributed by atoms with Crippen LogP contribution in [0.5, 0.6) is 0 Å². The first-order chi connectivity index (χ1) is 9.51. The van der Waals surface area contributed by atoms with Gasteiger partial charge in [-0.25, -0.2) is 8.78 Å². The first kappa shape index (κ1) is 13.0. The minimum atomic E-state index is -2.94. The third kappa shape index (κ3) is 2.03. The molecule has 0 amide bonds. The van der Waals surface area contributed by atoms with E-state index in [-0.39, 0.29) is 0 Å². The second-order valence-corrected chi connectivity index (χ2v) is 5.27. The van der Waals surface area contributed by atoms with Gasteiger partial charge >= 0.3 is 0 Å². The lowest BCUT2D eigenvalue weighted by molar-refractivity contribution is 0.0742. The van der Waals surface area contributed by atoms with Crippen LogP contribution < -0.4 is 0 Å². The number of carbonyl (C=O) groups excluding carboxylic acids is 1. The molecule has 0 saturated heterocycles. The number of halogens is 2. The third-order valence-corrected chi connectivity index (χ3v) is 3.83. The molecule has 3 rings (SSSR count). The average Bonchev–Trinajstić information content (AvgIpc) is 3.02. The van der Waals surface area contributed by atoms with Crippen LogP contribution >= 0.6 is 0 Å². The Labute approximate surface area is 116 Å². The Morgan fingerprint density at radius 3 is 2.20 bits per heavy atom. The van der Waals surface area contributed by atoms with Crippen LogP contribution in [0, 0.1) is 12.8 Å². The quantitative estimate of drug-likeness (QED) is 0.764. The third-order valence-electron chi connectivity index (χ3n) is 3.83. The number of benzene rings is 2. The zero-order valence-corrected chi connectivity index (χ0v) is 11.0. The van der Waals surface area contributed by atoms with Crippen molar-refractivity contribution in [1.82, 2.24) is 0 Å². The highest BCUT2D eigenvalue weighted by Gasteiger charge is 2.71. The second kappa shape index (κ2) is 4.51. The van der Waals surface area contributed by atoms with Gasteiger partial charge in [-0.15, -0.1) is 0 Å². The molecule has 0 bridgehead atoms. The summed E-state index contributed by atoms with van der Waals surface area (Å²) in [5.41, 5.74) is 1.91. The first-order valence-electron chi connectivity index (χ1n) is 6.55. The SMILES string of the molecule is Cc1ccc(C2C(C(=O)c3ccccc3)C2(F)F)cc1. The van der Waals surface area contributed by atoms with Gasteiger partial charge in [-0.2, -0.15) is 0 Å². The van der Waals surface area contributed by atoms with Crippen LogP contribution in [0.2, 0.25) is 0 Å². The molecular weight excluding hydrogens is 258 g/mol. The number of hydrogen-bond acceptors (Lipinski definition) is 1. The molecule has 20 heavy (non-hydrogen) atoms. The molecule has 1 aliphatic rings. The standard InChI is InChI=1S/C17H14F2O/c1-11-7-9-12(10-8-11)14-15(17(14,18)19)16(20)13-5-3-2-4-6-13/h2-10,14-15H,1H3. The summed E-state index contributed by atoms with van der Waals surface area (Å²) < 4.78 is 27.9. The van der Waals surface area contributed by atoms with E-state index in [1.165, 1.54) is 0 Å². The maximum Gasteiger partial charge on any atom is 0.266 e. The van der Waals surface area contributed by atoms with Crippen molar-refractivity contribution in [3.05, 3.63) is 71.3 Å². The van der Waals surface area contributed by atoms with Gasteiger partial charge in [0.2, 0.25) is 0 Å². The van der Waals surface area contributed by atoms with E-state index >= 15 is 0 Å².